The van der Waals surface area contributed by atoms with Crippen LogP contribution in [0.1, 0.15) is 12.5 Å². The van der Waals surface area contributed by atoms with Crippen LogP contribution in [0.25, 0.3) is 0 Å². The van der Waals surface area contributed by atoms with Crippen molar-refractivity contribution in [1.82, 2.24) is 5.43 Å². The predicted molar refractivity (Wildman–Crippen MR) is 95.4 cm³/mol. The summed E-state index contributed by atoms with van der Waals surface area (Å²) in [6.45, 7) is 1.56. The molecule has 2 aromatic rings. The minimum atomic E-state index is -0.794. The number of halogens is 2. The van der Waals surface area contributed by atoms with E-state index in [-0.39, 0.29) is 10.7 Å². The Balaban J connectivity index is 1.94. The Morgan fingerprint density at radius 1 is 1.28 bits per heavy atom. The average molecular weight is 382 g/mol. The van der Waals surface area contributed by atoms with Crippen LogP contribution >= 0.6 is 23.2 Å². The van der Waals surface area contributed by atoms with Crippen molar-refractivity contribution >= 4 is 41.0 Å². The van der Waals surface area contributed by atoms with Gasteiger partial charge < -0.3 is 4.74 Å². The number of amides is 1. The van der Waals surface area contributed by atoms with Crippen LogP contribution in [0.3, 0.4) is 0 Å². The lowest BCUT2D eigenvalue weighted by molar-refractivity contribution is -0.384. The van der Waals surface area contributed by atoms with E-state index in [1.54, 1.807) is 37.3 Å². The monoisotopic (exact) mass is 381 g/mol. The number of hydrogen-bond donors (Lipinski definition) is 1. The number of carbonyl (C=O) groups excluding carboxylic acids is 1. The van der Waals surface area contributed by atoms with Gasteiger partial charge in [-0.1, -0.05) is 29.3 Å². The third kappa shape index (κ3) is 5.44. The van der Waals surface area contributed by atoms with Gasteiger partial charge in [-0.3, -0.25) is 14.9 Å². The minimum absolute atomic E-state index is 0.0242. The average Bonchev–Trinajstić information content (AvgIpc) is 2.58. The summed E-state index contributed by atoms with van der Waals surface area (Å²) in [5.74, 6) is 0.0130. The molecule has 1 atom stereocenters. The SMILES string of the molecule is C[C@H](Oc1ccc(Cl)cc1)C(=O)NN=Cc1ccc(Cl)c([N+](=O)[O-])c1. The zero-order valence-corrected chi connectivity index (χ0v) is 14.5. The highest BCUT2D eigenvalue weighted by molar-refractivity contribution is 6.32. The second-order valence-corrected chi connectivity index (χ2v) is 5.76. The maximum absolute atomic E-state index is 11.9. The van der Waals surface area contributed by atoms with Crippen LogP contribution in [0, 0.1) is 10.1 Å². The zero-order chi connectivity index (χ0) is 18.4. The van der Waals surface area contributed by atoms with Crippen LogP contribution in [-0.4, -0.2) is 23.1 Å². The predicted octanol–water partition coefficient (Wildman–Crippen LogP) is 3.82. The van der Waals surface area contributed by atoms with Gasteiger partial charge in [0, 0.05) is 16.7 Å². The molecule has 0 saturated heterocycles. The molecule has 0 fully saturated rings. The molecule has 0 spiro atoms. The molecule has 1 N–H and O–H groups in total. The first-order chi connectivity index (χ1) is 11.9. The second kappa shape index (κ2) is 8.46. The Labute approximate surface area is 153 Å². The molecule has 9 heteroatoms. The van der Waals surface area contributed by atoms with Crippen molar-refractivity contribution in [2.75, 3.05) is 0 Å². The van der Waals surface area contributed by atoms with Gasteiger partial charge in [-0.2, -0.15) is 5.10 Å². The fourth-order valence-corrected chi connectivity index (χ4v) is 2.09. The third-order valence-electron chi connectivity index (χ3n) is 3.05. The Morgan fingerprint density at radius 3 is 2.60 bits per heavy atom. The number of benzene rings is 2. The molecule has 2 rings (SSSR count). The molecule has 1 amide bonds. The van der Waals surface area contributed by atoms with E-state index >= 15 is 0 Å². The summed E-state index contributed by atoms with van der Waals surface area (Å²) in [5.41, 5.74) is 2.48. The lowest BCUT2D eigenvalue weighted by Gasteiger charge is -2.12. The molecule has 0 aliphatic heterocycles. The molecule has 0 heterocycles. The normalized spacial score (nSPS) is 12.0. The van der Waals surface area contributed by atoms with Gasteiger partial charge in [0.2, 0.25) is 0 Å². The van der Waals surface area contributed by atoms with E-state index in [4.69, 9.17) is 27.9 Å². The quantitative estimate of drug-likeness (QED) is 0.467. The highest BCUT2D eigenvalue weighted by Gasteiger charge is 2.14. The summed E-state index contributed by atoms with van der Waals surface area (Å²) in [6.07, 6.45) is 0.480. The van der Waals surface area contributed by atoms with Crippen LogP contribution < -0.4 is 10.2 Å². The number of nitrogens with zero attached hydrogens (tertiary/aromatic N) is 2. The largest absolute Gasteiger partial charge is 0.481 e. The molecule has 0 aliphatic rings. The summed E-state index contributed by atoms with van der Waals surface area (Å²) in [7, 11) is 0. The lowest BCUT2D eigenvalue weighted by atomic mass is 10.2. The summed E-state index contributed by atoms with van der Waals surface area (Å²) in [5, 5.41) is 15.2. The molecule has 130 valence electrons. The van der Waals surface area contributed by atoms with Crippen molar-refractivity contribution in [3.63, 3.8) is 0 Å². The minimum Gasteiger partial charge on any atom is -0.481 e. The van der Waals surface area contributed by atoms with Gasteiger partial charge >= 0.3 is 0 Å². The second-order valence-electron chi connectivity index (χ2n) is 4.92. The van der Waals surface area contributed by atoms with E-state index in [0.29, 0.717) is 16.3 Å². The van der Waals surface area contributed by atoms with Gasteiger partial charge in [0.1, 0.15) is 10.8 Å². The molecule has 0 aromatic heterocycles. The van der Waals surface area contributed by atoms with E-state index in [0.717, 1.165) is 0 Å². The summed E-state index contributed by atoms with van der Waals surface area (Å²) >= 11 is 11.5. The first-order valence-electron chi connectivity index (χ1n) is 7.06. The van der Waals surface area contributed by atoms with E-state index in [2.05, 4.69) is 10.5 Å². The van der Waals surface area contributed by atoms with E-state index in [1.807, 2.05) is 0 Å². The summed E-state index contributed by atoms with van der Waals surface area (Å²) in [6, 6.07) is 10.8. The molecule has 2 aromatic carbocycles. The summed E-state index contributed by atoms with van der Waals surface area (Å²) in [4.78, 5) is 22.2. The Hall–Kier alpha value is -2.64. The molecule has 0 aliphatic carbocycles. The number of hydrazone groups is 1. The van der Waals surface area contributed by atoms with Crippen molar-refractivity contribution in [3.05, 3.63) is 68.2 Å². The number of rotatable bonds is 6. The fourth-order valence-electron chi connectivity index (χ4n) is 1.78. The van der Waals surface area contributed by atoms with Gasteiger partial charge in [-0.05, 0) is 37.3 Å². The Kier molecular flexibility index (Phi) is 6.32. The Bertz CT molecular complexity index is 810. The smallest absolute Gasteiger partial charge is 0.288 e. The molecular formula is C16H13Cl2N3O4. The van der Waals surface area contributed by atoms with Gasteiger partial charge in [0.25, 0.3) is 11.6 Å². The molecule has 0 bridgehead atoms. The summed E-state index contributed by atoms with van der Waals surface area (Å²) < 4.78 is 5.45. The van der Waals surface area contributed by atoms with Crippen LogP contribution in [-0.2, 0) is 4.79 Å². The molecule has 0 radical (unpaired) electrons. The lowest BCUT2D eigenvalue weighted by Crippen LogP contribution is -2.33. The highest BCUT2D eigenvalue weighted by Crippen LogP contribution is 2.24. The van der Waals surface area contributed by atoms with Crippen molar-refractivity contribution in [2.45, 2.75) is 13.0 Å². The number of nitro benzene ring substituents is 1. The van der Waals surface area contributed by atoms with Crippen LogP contribution in [0.5, 0.6) is 5.75 Å². The fraction of sp³-hybridized carbons (Fsp3) is 0.125. The van der Waals surface area contributed by atoms with Gasteiger partial charge in [0.15, 0.2) is 6.10 Å². The van der Waals surface area contributed by atoms with E-state index in [1.165, 1.54) is 18.3 Å². The first-order valence-corrected chi connectivity index (χ1v) is 7.81. The number of ether oxygens (including phenoxy) is 1. The number of carbonyl (C=O) groups is 1. The maximum atomic E-state index is 11.9. The van der Waals surface area contributed by atoms with Crippen LogP contribution in [0.15, 0.2) is 47.6 Å². The van der Waals surface area contributed by atoms with Crippen molar-refractivity contribution in [2.24, 2.45) is 5.10 Å². The van der Waals surface area contributed by atoms with Crippen LogP contribution in [0.2, 0.25) is 10.0 Å². The first kappa shape index (κ1) is 18.7. The highest BCUT2D eigenvalue weighted by atomic mass is 35.5. The van der Waals surface area contributed by atoms with E-state index < -0.39 is 16.9 Å². The van der Waals surface area contributed by atoms with Gasteiger partial charge in [-0.15, -0.1) is 0 Å². The maximum Gasteiger partial charge on any atom is 0.288 e. The van der Waals surface area contributed by atoms with Gasteiger partial charge in [-0.25, -0.2) is 5.43 Å². The number of nitro groups is 1. The topological polar surface area (TPSA) is 93.8 Å². The molecule has 25 heavy (non-hydrogen) atoms. The molecule has 0 unspecified atom stereocenters. The third-order valence-corrected chi connectivity index (χ3v) is 3.62. The van der Waals surface area contributed by atoms with E-state index in [9.17, 15) is 14.9 Å². The Morgan fingerprint density at radius 2 is 1.96 bits per heavy atom. The standard InChI is InChI=1S/C16H13Cl2N3O4/c1-10(25-13-5-3-12(17)4-6-13)16(22)20-19-9-11-2-7-14(18)15(8-11)21(23)24/h2-10H,1H3,(H,20,22)/t10-/m0/s1. The van der Waals surface area contributed by atoms with Crippen molar-refractivity contribution in [1.29, 1.82) is 0 Å². The van der Waals surface area contributed by atoms with Crippen molar-refractivity contribution in [3.8, 4) is 5.75 Å². The molecule has 0 saturated carbocycles. The van der Waals surface area contributed by atoms with Crippen molar-refractivity contribution < 1.29 is 14.5 Å². The van der Waals surface area contributed by atoms with Gasteiger partial charge in [0.05, 0.1) is 11.1 Å². The zero-order valence-electron chi connectivity index (χ0n) is 13.0. The molecule has 7 nitrogen and oxygen atoms in total. The molecular weight excluding hydrogens is 369 g/mol. The number of hydrogen-bond acceptors (Lipinski definition) is 5. The van der Waals surface area contributed by atoms with Crippen LogP contribution in [0.4, 0.5) is 5.69 Å². The number of nitrogens with one attached hydrogen (secondary N) is 1.